The van der Waals surface area contributed by atoms with Gasteiger partial charge >= 0.3 is 0 Å². The summed E-state index contributed by atoms with van der Waals surface area (Å²) in [5, 5.41) is 12.3. The Hall–Kier alpha value is -2.89. The van der Waals surface area contributed by atoms with Crippen molar-refractivity contribution in [2.45, 2.75) is 19.4 Å². The van der Waals surface area contributed by atoms with Crippen LogP contribution in [0.1, 0.15) is 12.0 Å². The second kappa shape index (κ2) is 5.72. The molecule has 1 unspecified atom stereocenters. The van der Waals surface area contributed by atoms with Gasteiger partial charge in [-0.25, -0.2) is 9.29 Å². The molecule has 0 radical (unpaired) electrons. The van der Waals surface area contributed by atoms with Gasteiger partial charge in [-0.2, -0.15) is 0 Å². The Balaban J connectivity index is 1.85. The van der Waals surface area contributed by atoms with Gasteiger partial charge < -0.3 is 10.4 Å². The monoisotopic (exact) mass is 314 g/mol. The number of carbonyl (C=O) groups excluding carboxylic acids is 2. The molecule has 1 aliphatic heterocycles. The molecule has 23 heavy (non-hydrogen) atoms. The van der Waals surface area contributed by atoms with Crippen LogP contribution in [0.2, 0.25) is 0 Å². The standard InChI is InChI=1S/C17H15FN2O3/c1-10-7-13(21)5-6-15(10)20-16(22)9-14(17(20)23)19-12-4-2-3-11(18)8-12/h2-8,14,19,21H,9H2,1H3. The molecule has 3 rings (SSSR count). The maximum Gasteiger partial charge on any atom is 0.256 e. The molecule has 1 atom stereocenters. The Morgan fingerprint density at radius 1 is 1.22 bits per heavy atom. The number of halogens is 1. The van der Waals surface area contributed by atoms with Gasteiger partial charge in [0.25, 0.3) is 5.91 Å². The van der Waals surface area contributed by atoms with E-state index in [1.54, 1.807) is 13.0 Å². The fourth-order valence-electron chi connectivity index (χ4n) is 2.67. The Morgan fingerprint density at radius 2 is 2.00 bits per heavy atom. The van der Waals surface area contributed by atoms with Crippen molar-refractivity contribution in [2.75, 3.05) is 10.2 Å². The average Bonchev–Trinajstić information content (AvgIpc) is 2.74. The summed E-state index contributed by atoms with van der Waals surface area (Å²) in [6.45, 7) is 1.71. The number of carbonyl (C=O) groups is 2. The third-order valence-corrected chi connectivity index (χ3v) is 3.73. The highest BCUT2D eigenvalue weighted by Crippen LogP contribution is 2.29. The summed E-state index contributed by atoms with van der Waals surface area (Å²) in [5.41, 5.74) is 1.51. The number of aryl methyl sites for hydroxylation is 1. The first-order valence-electron chi connectivity index (χ1n) is 7.14. The van der Waals surface area contributed by atoms with Crippen LogP contribution in [0.5, 0.6) is 5.75 Å². The molecule has 1 heterocycles. The number of phenolic OH excluding ortho intramolecular Hbond substituents is 1. The highest BCUT2D eigenvalue weighted by molar-refractivity contribution is 6.23. The number of amides is 2. The molecule has 6 heteroatoms. The summed E-state index contributed by atoms with van der Waals surface area (Å²) >= 11 is 0. The van der Waals surface area contributed by atoms with Crippen molar-refractivity contribution < 1.29 is 19.1 Å². The lowest BCUT2D eigenvalue weighted by Crippen LogP contribution is -2.35. The van der Waals surface area contributed by atoms with E-state index in [4.69, 9.17) is 0 Å². The number of phenols is 1. The second-order valence-corrected chi connectivity index (χ2v) is 5.45. The van der Waals surface area contributed by atoms with Crippen LogP contribution in [-0.4, -0.2) is 23.0 Å². The number of nitrogens with one attached hydrogen (secondary N) is 1. The van der Waals surface area contributed by atoms with E-state index in [0.717, 1.165) is 4.90 Å². The first-order valence-corrected chi connectivity index (χ1v) is 7.14. The van der Waals surface area contributed by atoms with Gasteiger partial charge in [0.15, 0.2) is 0 Å². The summed E-state index contributed by atoms with van der Waals surface area (Å²) in [6, 6.07) is 9.45. The topological polar surface area (TPSA) is 69.6 Å². The summed E-state index contributed by atoms with van der Waals surface area (Å²) in [6.07, 6.45) is -0.00430. The van der Waals surface area contributed by atoms with E-state index in [9.17, 15) is 19.1 Å². The van der Waals surface area contributed by atoms with E-state index in [-0.39, 0.29) is 18.1 Å². The number of hydrogen-bond acceptors (Lipinski definition) is 4. The van der Waals surface area contributed by atoms with Crippen molar-refractivity contribution in [3.05, 3.63) is 53.8 Å². The first kappa shape index (κ1) is 15.0. The zero-order chi connectivity index (χ0) is 16.6. The fourth-order valence-corrected chi connectivity index (χ4v) is 2.67. The maximum absolute atomic E-state index is 13.2. The number of nitrogens with zero attached hydrogens (tertiary/aromatic N) is 1. The van der Waals surface area contributed by atoms with Gasteiger partial charge in [0.05, 0.1) is 12.1 Å². The van der Waals surface area contributed by atoms with Gasteiger partial charge in [0.2, 0.25) is 5.91 Å². The van der Waals surface area contributed by atoms with Crippen molar-refractivity contribution in [3.63, 3.8) is 0 Å². The summed E-state index contributed by atoms with van der Waals surface area (Å²) in [4.78, 5) is 25.9. The van der Waals surface area contributed by atoms with Crippen molar-refractivity contribution in [3.8, 4) is 5.75 Å². The molecule has 1 aliphatic rings. The Kier molecular flexibility index (Phi) is 3.73. The lowest BCUT2D eigenvalue weighted by Gasteiger charge is -2.18. The molecule has 2 N–H and O–H groups in total. The molecule has 118 valence electrons. The minimum absolute atomic E-state index is 0.00430. The van der Waals surface area contributed by atoms with E-state index < -0.39 is 17.8 Å². The third kappa shape index (κ3) is 2.88. The van der Waals surface area contributed by atoms with E-state index in [2.05, 4.69) is 5.32 Å². The van der Waals surface area contributed by atoms with Crippen LogP contribution in [-0.2, 0) is 9.59 Å². The highest BCUT2D eigenvalue weighted by Gasteiger charge is 2.40. The molecule has 0 saturated carbocycles. The average molecular weight is 314 g/mol. The molecule has 0 aliphatic carbocycles. The van der Waals surface area contributed by atoms with E-state index in [1.807, 2.05) is 0 Å². The van der Waals surface area contributed by atoms with E-state index in [1.165, 1.54) is 36.4 Å². The number of anilines is 2. The predicted molar refractivity (Wildman–Crippen MR) is 83.8 cm³/mol. The van der Waals surface area contributed by atoms with Crippen LogP contribution in [0.4, 0.5) is 15.8 Å². The molecule has 2 amide bonds. The molecule has 1 saturated heterocycles. The summed E-state index contributed by atoms with van der Waals surface area (Å²) in [7, 11) is 0. The molecular weight excluding hydrogens is 299 g/mol. The number of hydrogen-bond donors (Lipinski definition) is 2. The van der Waals surface area contributed by atoms with Gasteiger partial charge in [-0.1, -0.05) is 6.07 Å². The zero-order valence-electron chi connectivity index (χ0n) is 12.4. The summed E-state index contributed by atoms with van der Waals surface area (Å²) < 4.78 is 13.2. The number of aromatic hydroxyl groups is 1. The van der Waals surface area contributed by atoms with Gasteiger partial charge in [0.1, 0.15) is 17.6 Å². The lowest BCUT2D eigenvalue weighted by atomic mass is 10.1. The SMILES string of the molecule is Cc1cc(O)ccc1N1C(=O)CC(Nc2cccc(F)c2)C1=O. The van der Waals surface area contributed by atoms with Crippen LogP contribution in [0.15, 0.2) is 42.5 Å². The largest absolute Gasteiger partial charge is 0.508 e. The molecule has 0 aromatic heterocycles. The normalized spacial score (nSPS) is 17.7. The molecule has 0 bridgehead atoms. The molecule has 2 aromatic carbocycles. The molecule has 0 spiro atoms. The predicted octanol–water partition coefficient (Wildman–Crippen LogP) is 2.58. The quantitative estimate of drug-likeness (QED) is 0.854. The third-order valence-electron chi connectivity index (χ3n) is 3.73. The van der Waals surface area contributed by atoms with Crippen LogP contribution >= 0.6 is 0 Å². The Labute approximate surface area is 132 Å². The van der Waals surface area contributed by atoms with Crippen molar-refractivity contribution in [1.29, 1.82) is 0 Å². The smallest absolute Gasteiger partial charge is 0.256 e. The van der Waals surface area contributed by atoms with E-state index in [0.29, 0.717) is 16.9 Å². The van der Waals surface area contributed by atoms with Gasteiger partial charge in [0, 0.05) is 5.69 Å². The second-order valence-electron chi connectivity index (χ2n) is 5.45. The van der Waals surface area contributed by atoms with Crippen LogP contribution in [0, 0.1) is 12.7 Å². The minimum atomic E-state index is -0.738. The molecule has 5 nitrogen and oxygen atoms in total. The maximum atomic E-state index is 13.2. The van der Waals surface area contributed by atoms with Crippen molar-refractivity contribution >= 4 is 23.2 Å². The number of benzene rings is 2. The molecule has 1 fully saturated rings. The Morgan fingerprint density at radius 3 is 2.70 bits per heavy atom. The van der Waals surface area contributed by atoms with Crippen LogP contribution < -0.4 is 10.2 Å². The Bertz CT molecular complexity index is 791. The highest BCUT2D eigenvalue weighted by atomic mass is 19.1. The van der Waals surface area contributed by atoms with Gasteiger partial charge in [-0.15, -0.1) is 0 Å². The van der Waals surface area contributed by atoms with Gasteiger partial charge in [-0.3, -0.25) is 9.59 Å². The molecule has 2 aromatic rings. The molecular formula is C17H15FN2O3. The number of rotatable bonds is 3. The van der Waals surface area contributed by atoms with Crippen molar-refractivity contribution in [1.82, 2.24) is 0 Å². The van der Waals surface area contributed by atoms with Crippen LogP contribution in [0.3, 0.4) is 0 Å². The van der Waals surface area contributed by atoms with Gasteiger partial charge in [-0.05, 0) is 48.9 Å². The fraction of sp³-hybridized carbons (Fsp3) is 0.176. The van der Waals surface area contributed by atoms with Crippen LogP contribution in [0.25, 0.3) is 0 Å². The lowest BCUT2D eigenvalue weighted by molar-refractivity contribution is -0.121. The zero-order valence-corrected chi connectivity index (χ0v) is 12.4. The first-order chi connectivity index (χ1) is 11.0. The van der Waals surface area contributed by atoms with E-state index >= 15 is 0 Å². The minimum Gasteiger partial charge on any atom is -0.508 e. The summed E-state index contributed by atoms with van der Waals surface area (Å²) in [5.74, 6) is -1.08. The van der Waals surface area contributed by atoms with Crippen molar-refractivity contribution in [2.24, 2.45) is 0 Å². The number of imide groups is 1.